The molecule has 2 N–H and O–H groups in total. The lowest BCUT2D eigenvalue weighted by molar-refractivity contribution is -0.137. The fraction of sp³-hybridized carbons (Fsp3) is 0.562. The molecule has 1 aromatic rings. The minimum absolute atomic E-state index is 0.0967. The van der Waals surface area contributed by atoms with Gasteiger partial charge in [-0.25, -0.2) is 0 Å². The smallest absolute Gasteiger partial charge is 0.233 e. The lowest BCUT2D eigenvalue weighted by Crippen LogP contribution is -2.48. The molecule has 0 unspecified atom stereocenters. The number of benzene rings is 1. The molecular weight excluding hydrogens is 236 g/mol. The molecule has 1 saturated carbocycles. The topological polar surface area (TPSA) is 46.3 Å². The Kier molecular flexibility index (Phi) is 3.33. The van der Waals surface area contributed by atoms with E-state index in [1.165, 1.54) is 0 Å². The van der Waals surface area contributed by atoms with Crippen molar-refractivity contribution < 1.29 is 4.79 Å². The molecule has 0 bridgehead atoms. The molecule has 104 valence electrons. The first-order valence-corrected chi connectivity index (χ1v) is 6.98. The summed E-state index contributed by atoms with van der Waals surface area (Å²) < 4.78 is 0. The molecule has 0 spiro atoms. The number of nitrogen functional groups attached to an aromatic ring is 1. The first-order chi connectivity index (χ1) is 8.83. The highest BCUT2D eigenvalue weighted by Gasteiger charge is 2.53. The molecule has 1 aromatic carbocycles. The van der Waals surface area contributed by atoms with Crippen LogP contribution in [-0.4, -0.2) is 23.4 Å². The molecule has 1 aliphatic rings. The monoisotopic (exact) mass is 260 g/mol. The second-order valence-electron chi connectivity index (χ2n) is 6.23. The second kappa shape index (κ2) is 4.55. The molecule has 19 heavy (non-hydrogen) atoms. The lowest BCUT2D eigenvalue weighted by Gasteiger charge is -2.37. The van der Waals surface area contributed by atoms with Gasteiger partial charge < -0.3 is 10.6 Å². The zero-order chi connectivity index (χ0) is 14.3. The van der Waals surface area contributed by atoms with Crippen molar-refractivity contribution in [2.45, 2.75) is 51.0 Å². The highest BCUT2D eigenvalue weighted by molar-refractivity contribution is 5.91. The number of amides is 1. The summed E-state index contributed by atoms with van der Waals surface area (Å²) in [5.41, 5.74) is 7.18. The average molecular weight is 260 g/mol. The molecular formula is C16H24N2O. The molecule has 2 rings (SSSR count). The second-order valence-corrected chi connectivity index (χ2v) is 6.23. The molecule has 0 radical (unpaired) electrons. The Labute approximate surface area is 115 Å². The predicted octanol–water partition coefficient (Wildman–Crippen LogP) is 2.95. The van der Waals surface area contributed by atoms with E-state index in [0.717, 1.165) is 30.5 Å². The first kappa shape index (κ1) is 13.9. The number of carbonyl (C=O) groups is 1. The third-order valence-corrected chi connectivity index (χ3v) is 4.70. The SMILES string of the molecule is CCC(C)(C)N(C)C(=O)C1(c2ccc(N)cc2)CC1. The van der Waals surface area contributed by atoms with Gasteiger partial charge in [-0.05, 0) is 50.8 Å². The van der Waals surface area contributed by atoms with Crippen LogP contribution in [0.5, 0.6) is 0 Å². The number of nitrogens with zero attached hydrogens (tertiary/aromatic N) is 1. The summed E-state index contributed by atoms with van der Waals surface area (Å²) in [5, 5.41) is 0. The summed E-state index contributed by atoms with van der Waals surface area (Å²) in [4.78, 5) is 14.7. The zero-order valence-electron chi connectivity index (χ0n) is 12.4. The van der Waals surface area contributed by atoms with Gasteiger partial charge in [-0.1, -0.05) is 19.1 Å². The maximum absolute atomic E-state index is 12.8. The third-order valence-electron chi connectivity index (χ3n) is 4.70. The van der Waals surface area contributed by atoms with Crippen LogP contribution in [0.2, 0.25) is 0 Å². The number of rotatable bonds is 4. The number of likely N-dealkylation sites (N-methyl/N-ethyl adjacent to an activating group) is 1. The van der Waals surface area contributed by atoms with E-state index in [-0.39, 0.29) is 16.9 Å². The van der Waals surface area contributed by atoms with Crippen molar-refractivity contribution in [1.82, 2.24) is 4.90 Å². The van der Waals surface area contributed by atoms with E-state index < -0.39 is 0 Å². The van der Waals surface area contributed by atoms with Crippen molar-refractivity contribution in [2.24, 2.45) is 0 Å². The summed E-state index contributed by atoms with van der Waals surface area (Å²) in [6, 6.07) is 7.75. The molecule has 3 nitrogen and oxygen atoms in total. The maximum Gasteiger partial charge on any atom is 0.233 e. The van der Waals surface area contributed by atoms with Gasteiger partial charge in [0.15, 0.2) is 0 Å². The van der Waals surface area contributed by atoms with Gasteiger partial charge in [-0.15, -0.1) is 0 Å². The Morgan fingerprint density at radius 2 is 1.84 bits per heavy atom. The van der Waals surface area contributed by atoms with Crippen molar-refractivity contribution in [3.8, 4) is 0 Å². The number of hydrogen-bond acceptors (Lipinski definition) is 2. The van der Waals surface area contributed by atoms with Crippen molar-refractivity contribution in [3.05, 3.63) is 29.8 Å². The molecule has 1 aliphatic carbocycles. The van der Waals surface area contributed by atoms with Gasteiger partial charge in [0, 0.05) is 18.3 Å². The van der Waals surface area contributed by atoms with Crippen LogP contribution in [-0.2, 0) is 10.2 Å². The fourth-order valence-corrected chi connectivity index (χ4v) is 2.39. The van der Waals surface area contributed by atoms with Gasteiger partial charge >= 0.3 is 0 Å². The molecule has 0 atom stereocenters. The van der Waals surface area contributed by atoms with Crippen LogP contribution < -0.4 is 5.73 Å². The quantitative estimate of drug-likeness (QED) is 0.846. The van der Waals surface area contributed by atoms with E-state index in [4.69, 9.17) is 5.73 Å². The highest BCUT2D eigenvalue weighted by Crippen LogP contribution is 2.50. The zero-order valence-corrected chi connectivity index (χ0v) is 12.4. The van der Waals surface area contributed by atoms with E-state index in [0.29, 0.717) is 0 Å². The average Bonchev–Trinajstić information content (AvgIpc) is 3.19. The van der Waals surface area contributed by atoms with Crippen LogP contribution in [0.4, 0.5) is 5.69 Å². The number of carbonyl (C=O) groups excluding carboxylic acids is 1. The van der Waals surface area contributed by atoms with Crippen molar-refractivity contribution in [1.29, 1.82) is 0 Å². The van der Waals surface area contributed by atoms with E-state index in [1.54, 1.807) is 0 Å². The minimum atomic E-state index is -0.297. The van der Waals surface area contributed by atoms with Crippen molar-refractivity contribution >= 4 is 11.6 Å². The van der Waals surface area contributed by atoms with Crippen LogP contribution in [0.25, 0.3) is 0 Å². The standard InChI is InChI=1S/C16H24N2O/c1-5-15(2,3)18(4)14(19)16(10-11-16)12-6-8-13(17)9-7-12/h6-9H,5,10-11,17H2,1-4H3. The van der Waals surface area contributed by atoms with Crippen LogP contribution in [0.1, 0.15) is 45.6 Å². The Balaban J connectivity index is 2.26. The molecule has 1 fully saturated rings. The lowest BCUT2D eigenvalue weighted by atomic mass is 9.91. The van der Waals surface area contributed by atoms with Crippen LogP contribution in [0.3, 0.4) is 0 Å². The number of anilines is 1. The Morgan fingerprint density at radius 3 is 2.26 bits per heavy atom. The van der Waals surface area contributed by atoms with Gasteiger partial charge in [0.05, 0.1) is 5.41 Å². The Bertz CT molecular complexity index is 472. The highest BCUT2D eigenvalue weighted by atomic mass is 16.2. The third kappa shape index (κ3) is 2.34. The van der Waals surface area contributed by atoms with Gasteiger partial charge in [-0.3, -0.25) is 4.79 Å². The van der Waals surface area contributed by atoms with E-state index in [2.05, 4.69) is 20.8 Å². The fourth-order valence-electron chi connectivity index (χ4n) is 2.39. The van der Waals surface area contributed by atoms with Crippen LogP contribution in [0, 0.1) is 0 Å². The van der Waals surface area contributed by atoms with Gasteiger partial charge in [-0.2, -0.15) is 0 Å². The number of nitrogens with two attached hydrogens (primary N) is 1. The van der Waals surface area contributed by atoms with Gasteiger partial charge in [0.1, 0.15) is 0 Å². The predicted molar refractivity (Wildman–Crippen MR) is 78.9 cm³/mol. The van der Waals surface area contributed by atoms with Crippen LogP contribution in [0.15, 0.2) is 24.3 Å². The summed E-state index contributed by atoms with van der Waals surface area (Å²) in [7, 11) is 1.92. The maximum atomic E-state index is 12.8. The normalized spacial score (nSPS) is 17.1. The molecule has 0 heterocycles. The summed E-state index contributed by atoms with van der Waals surface area (Å²) in [5.74, 6) is 0.240. The molecule has 0 saturated heterocycles. The van der Waals surface area contributed by atoms with E-state index in [9.17, 15) is 4.79 Å². The molecule has 0 aliphatic heterocycles. The number of hydrogen-bond donors (Lipinski definition) is 1. The van der Waals surface area contributed by atoms with Gasteiger partial charge in [0.2, 0.25) is 5.91 Å². The molecule has 3 heteroatoms. The van der Waals surface area contributed by atoms with Crippen molar-refractivity contribution in [2.75, 3.05) is 12.8 Å². The van der Waals surface area contributed by atoms with Crippen molar-refractivity contribution in [3.63, 3.8) is 0 Å². The Hall–Kier alpha value is -1.51. The summed E-state index contributed by atoms with van der Waals surface area (Å²) >= 11 is 0. The largest absolute Gasteiger partial charge is 0.399 e. The first-order valence-electron chi connectivity index (χ1n) is 6.98. The Morgan fingerprint density at radius 1 is 1.32 bits per heavy atom. The minimum Gasteiger partial charge on any atom is -0.399 e. The van der Waals surface area contributed by atoms with Crippen LogP contribution >= 0.6 is 0 Å². The van der Waals surface area contributed by atoms with E-state index in [1.807, 2.05) is 36.2 Å². The molecule has 0 aromatic heterocycles. The summed E-state index contributed by atoms with van der Waals surface area (Å²) in [6.07, 6.45) is 2.84. The molecule has 1 amide bonds. The summed E-state index contributed by atoms with van der Waals surface area (Å²) in [6.45, 7) is 6.35. The van der Waals surface area contributed by atoms with Gasteiger partial charge in [0.25, 0.3) is 0 Å². The van der Waals surface area contributed by atoms with E-state index >= 15 is 0 Å².